The van der Waals surface area contributed by atoms with Crippen LogP contribution in [-0.2, 0) is 13.6 Å². The van der Waals surface area contributed by atoms with Crippen LogP contribution in [0.1, 0.15) is 58.3 Å². The first-order chi connectivity index (χ1) is 8.72. The standard InChI is InChI=1S/C14H27O3P/c1-2-18(15,16-11-13-7-3-4-8-13)17-12-14-9-5-6-10-14/h13-14H,2-12H2,1H3. The van der Waals surface area contributed by atoms with Crippen molar-refractivity contribution in [2.24, 2.45) is 11.8 Å². The fraction of sp³-hybridized carbons (Fsp3) is 1.00. The van der Waals surface area contributed by atoms with Crippen LogP contribution >= 0.6 is 7.60 Å². The van der Waals surface area contributed by atoms with E-state index in [0.29, 0.717) is 31.2 Å². The molecule has 0 bridgehead atoms. The highest BCUT2D eigenvalue weighted by Gasteiger charge is 2.27. The van der Waals surface area contributed by atoms with E-state index in [0.717, 1.165) is 0 Å². The first-order valence-electron chi connectivity index (χ1n) is 7.60. The Balaban J connectivity index is 1.71. The Labute approximate surface area is 111 Å². The summed E-state index contributed by atoms with van der Waals surface area (Å²) in [4.78, 5) is 0. The predicted octanol–water partition coefficient (Wildman–Crippen LogP) is 4.61. The summed E-state index contributed by atoms with van der Waals surface area (Å²) >= 11 is 0. The predicted molar refractivity (Wildman–Crippen MR) is 74.0 cm³/mol. The van der Waals surface area contributed by atoms with Gasteiger partial charge in [0.1, 0.15) is 0 Å². The van der Waals surface area contributed by atoms with Crippen LogP contribution in [0, 0.1) is 11.8 Å². The molecule has 0 aromatic carbocycles. The molecule has 2 aliphatic rings. The minimum absolute atomic E-state index is 0.506. The van der Waals surface area contributed by atoms with Gasteiger partial charge in [-0.15, -0.1) is 0 Å². The van der Waals surface area contributed by atoms with E-state index in [-0.39, 0.29) is 0 Å². The van der Waals surface area contributed by atoms with Gasteiger partial charge in [-0.25, -0.2) is 0 Å². The highest BCUT2D eigenvalue weighted by atomic mass is 31.2. The third kappa shape index (κ3) is 4.36. The maximum atomic E-state index is 12.5. The number of hydrogen-bond acceptors (Lipinski definition) is 3. The Morgan fingerprint density at radius 3 is 1.61 bits per heavy atom. The fourth-order valence-electron chi connectivity index (χ4n) is 3.01. The molecule has 0 spiro atoms. The molecule has 106 valence electrons. The molecule has 0 atom stereocenters. The van der Waals surface area contributed by atoms with Crippen molar-refractivity contribution in [2.45, 2.75) is 58.3 Å². The second kappa shape index (κ2) is 7.07. The lowest BCUT2D eigenvalue weighted by Gasteiger charge is -2.21. The van der Waals surface area contributed by atoms with Crippen LogP contribution in [0.25, 0.3) is 0 Å². The molecule has 0 heterocycles. The van der Waals surface area contributed by atoms with Gasteiger partial charge in [0.2, 0.25) is 0 Å². The van der Waals surface area contributed by atoms with E-state index in [1.165, 1.54) is 51.4 Å². The van der Waals surface area contributed by atoms with Gasteiger partial charge in [-0.1, -0.05) is 32.6 Å². The van der Waals surface area contributed by atoms with E-state index in [2.05, 4.69) is 0 Å². The average Bonchev–Trinajstić information content (AvgIpc) is 3.06. The van der Waals surface area contributed by atoms with Gasteiger partial charge in [-0.2, -0.15) is 0 Å². The number of hydrogen-bond donors (Lipinski definition) is 0. The lowest BCUT2D eigenvalue weighted by Crippen LogP contribution is -2.10. The van der Waals surface area contributed by atoms with Crippen molar-refractivity contribution in [3.63, 3.8) is 0 Å². The molecule has 2 fully saturated rings. The zero-order chi connectivity index (χ0) is 12.8. The molecule has 2 aliphatic carbocycles. The van der Waals surface area contributed by atoms with E-state index >= 15 is 0 Å². The van der Waals surface area contributed by atoms with Gasteiger partial charge < -0.3 is 9.05 Å². The van der Waals surface area contributed by atoms with E-state index in [4.69, 9.17) is 9.05 Å². The minimum atomic E-state index is -2.81. The Kier molecular flexibility index (Phi) is 5.72. The van der Waals surface area contributed by atoms with Crippen LogP contribution in [0.15, 0.2) is 0 Å². The molecule has 18 heavy (non-hydrogen) atoms. The van der Waals surface area contributed by atoms with Crippen molar-refractivity contribution in [2.75, 3.05) is 19.4 Å². The monoisotopic (exact) mass is 274 g/mol. The summed E-state index contributed by atoms with van der Waals surface area (Å²) in [6.07, 6.45) is 10.6. The van der Waals surface area contributed by atoms with Gasteiger partial charge in [0, 0.05) is 6.16 Å². The summed E-state index contributed by atoms with van der Waals surface area (Å²) in [5.41, 5.74) is 0. The third-order valence-electron chi connectivity index (χ3n) is 4.35. The molecule has 4 heteroatoms. The maximum absolute atomic E-state index is 12.5. The first kappa shape index (κ1) is 14.6. The van der Waals surface area contributed by atoms with Crippen molar-refractivity contribution in [3.8, 4) is 0 Å². The van der Waals surface area contributed by atoms with Crippen molar-refractivity contribution in [1.82, 2.24) is 0 Å². The zero-order valence-corrected chi connectivity index (χ0v) is 12.5. The summed E-state index contributed by atoms with van der Waals surface area (Å²) in [6.45, 7) is 3.18. The Bertz CT molecular complexity index is 257. The van der Waals surface area contributed by atoms with Crippen molar-refractivity contribution >= 4 is 7.60 Å². The van der Waals surface area contributed by atoms with Crippen LogP contribution in [0.4, 0.5) is 0 Å². The van der Waals surface area contributed by atoms with E-state index in [1.54, 1.807) is 0 Å². The lowest BCUT2D eigenvalue weighted by molar-refractivity contribution is 0.162. The highest BCUT2D eigenvalue weighted by Crippen LogP contribution is 2.49. The molecule has 0 amide bonds. The first-order valence-corrected chi connectivity index (χ1v) is 9.33. The quantitative estimate of drug-likeness (QED) is 0.636. The van der Waals surface area contributed by atoms with Gasteiger partial charge in [0.25, 0.3) is 0 Å². The molecule has 0 N–H and O–H groups in total. The molecule has 2 rings (SSSR count). The Hall–Kier alpha value is 0.150. The summed E-state index contributed by atoms with van der Waals surface area (Å²) in [5, 5.41) is 0. The van der Waals surface area contributed by atoms with Gasteiger partial charge in [0.15, 0.2) is 0 Å². The molecule has 2 saturated carbocycles. The molecule has 0 radical (unpaired) electrons. The summed E-state index contributed by atoms with van der Waals surface area (Å²) in [6, 6.07) is 0. The molecule has 0 aromatic heterocycles. The van der Waals surface area contributed by atoms with Crippen LogP contribution in [0.3, 0.4) is 0 Å². The maximum Gasteiger partial charge on any atom is 0.330 e. The smallest absolute Gasteiger partial charge is 0.308 e. The van der Waals surface area contributed by atoms with Gasteiger partial charge in [-0.05, 0) is 37.5 Å². The van der Waals surface area contributed by atoms with Crippen LogP contribution in [-0.4, -0.2) is 19.4 Å². The van der Waals surface area contributed by atoms with Crippen molar-refractivity contribution in [1.29, 1.82) is 0 Å². The second-order valence-electron chi connectivity index (χ2n) is 5.82. The second-order valence-corrected chi connectivity index (χ2v) is 8.19. The van der Waals surface area contributed by atoms with Gasteiger partial charge in [-0.3, -0.25) is 4.57 Å². The largest absolute Gasteiger partial charge is 0.330 e. The Morgan fingerprint density at radius 2 is 1.28 bits per heavy atom. The molecular weight excluding hydrogens is 247 g/mol. The van der Waals surface area contributed by atoms with Crippen LogP contribution in [0.2, 0.25) is 0 Å². The van der Waals surface area contributed by atoms with E-state index in [9.17, 15) is 4.57 Å². The lowest BCUT2D eigenvalue weighted by atomic mass is 10.1. The van der Waals surface area contributed by atoms with Crippen molar-refractivity contribution in [3.05, 3.63) is 0 Å². The summed E-state index contributed by atoms with van der Waals surface area (Å²) < 4.78 is 23.8. The third-order valence-corrected chi connectivity index (χ3v) is 6.21. The highest BCUT2D eigenvalue weighted by molar-refractivity contribution is 7.53. The van der Waals surface area contributed by atoms with Gasteiger partial charge in [0.05, 0.1) is 13.2 Å². The van der Waals surface area contributed by atoms with Gasteiger partial charge >= 0.3 is 7.60 Å². The topological polar surface area (TPSA) is 35.5 Å². The van der Waals surface area contributed by atoms with Crippen LogP contribution in [0.5, 0.6) is 0 Å². The van der Waals surface area contributed by atoms with E-state index in [1.807, 2.05) is 6.92 Å². The minimum Gasteiger partial charge on any atom is -0.308 e. The van der Waals surface area contributed by atoms with E-state index < -0.39 is 7.60 Å². The molecular formula is C14H27O3P. The zero-order valence-electron chi connectivity index (χ0n) is 11.6. The average molecular weight is 274 g/mol. The SMILES string of the molecule is CCP(=O)(OCC1CCCC1)OCC1CCCC1. The Morgan fingerprint density at radius 1 is 0.889 bits per heavy atom. The fourth-order valence-corrected chi connectivity index (χ4v) is 4.33. The van der Waals surface area contributed by atoms with Crippen LogP contribution < -0.4 is 0 Å². The molecule has 3 nitrogen and oxygen atoms in total. The molecule has 0 aliphatic heterocycles. The number of rotatable bonds is 7. The summed E-state index contributed by atoms with van der Waals surface area (Å²) in [5.74, 6) is 1.22. The molecule has 0 saturated heterocycles. The molecule has 0 unspecified atom stereocenters. The normalized spacial score (nSPS) is 22.9. The van der Waals surface area contributed by atoms with Crippen molar-refractivity contribution < 1.29 is 13.6 Å². The molecule has 0 aromatic rings. The summed E-state index contributed by atoms with van der Waals surface area (Å²) in [7, 11) is -2.81.